The minimum atomic E-state index is -0.412. The molecular weight excluding hydrogens is 479 g/mol. The van der Waals surface area contributed by atoms with Crippen molar-refractivity contribution in [2.45, 2.75) is 0 Å². The van der Waals surface area contributed by atoms with Crippen LogP contribution in [0.1, 0.15) is 15.9 Å². The van der Waals surface area contributed by atoms with Gasteiger partial charge >= 0.3 is 5.97 Å². The average Bonchev–Trinajstić information content (AvgIpc) is 2.92. The number of halogens is 1. The predicted molar refractivity (Wildman–Crippen MR) is 114 cm³/mol. The van der Waals surface area contributed by atoms with Crippen LogP contribution in [0, 0.1) is 3.57 Å². The van der Waals surface area contributed by atoms with Crippen LogP contribution in [-0.2, 0) is 9.53 Å². The molecule has 0 unspecified atom stereocenters. The van der Waals surface area contributed by atoms with Gasteiger partial charge in [-0.25, -0.2) is 9.79 Å². The fourth-order valence-corrected chi connectivity index (χ4v) is 3.84. The summed E-state index contributed by atoms with van der Waals surface area (Å²) < 4.78 is 5.38. The van der Waals surface area contributed by atoms with Crippen LogP contribution in [0.5, 0.6) is 5.75 Å². The maximum atomic E-state index is 12.5. The number of aliphatic imine (C=N–C) groups is 1. The summed E-state index contributed by atoms with van der Waals surface area (Å²) in [5, 5.41) is 10.2. The SMILES string of the molecule is COC(=O)c1ccc(N=C2S/C(=C\c3ccc(O)c(I)c3)C(=O)N2C)cc1. The van der Waals surface area contributed by atoms with E-state index in [0.29, 0.717) is 24.9 Å². The van der Waals surface area contributed by atoms with Crippen LogP contribution in [0.3, 0.4) is 0 Å². The highest BCUT2D eigenvalue weighted by Crippen LogP contribution is 2.33. The number of nitrogens with zero attached hydrogens (tertiary/aromatic N) is 2. The van der Waals surface area contributed by atoms with Gasteiger partial charge in [-0.15, -0.1) is 0 Å². The maximum Gasteiger partial charge on any atom is 0.337 e. The van der Waals surface area contributed by atoms with Gasteiger partial charge in [0.1, 0.15) is 5.75 Å². The molecule has 0 aliphatic carbocycles. The minimum Gasteiger partial charge on any atom is -0.507 e. The van der Waals surface area contributed by atoms with E-state index in [2.05, 4.69) is 9.73 Å². The smallest absolute Gasteiger partial charge is 0.337 e. The number of hydrogen-bond acceptors (Lipinski definition) is 6. The van der Waals surface area contributed by atoms with Gasteiger partial charge in [-0.3, -0.25) is 9.69 Å². The molecule has 1 aliphatic heterocycles. The van der Waals surface area contributed by atoms with Crippen molar-refractivity contribution >= 4 is 63.2 Å². The second kappa shape index (κ2) is 8.13. The average molecular weight is 494 g/mol. The second-order valence-electron chi connectivity index (χ2n) is 5.62. The van der Waals surface area contributed by atoms with E-state index in [-0.39, 0.29) is 11.7 Å². The molecule has 0 aromatic heterocycles. The number of esters is 1. The van der Waals surface area contributed by atoms with Crippen molar-refractivity contribution < 1.29 is 19.4 Å². The maximum absolute atomic E-state index is 12.5. The molecule has 0 saturated carbocycles. The lowest BCUT2D eigenvalue weighted by atomic mass is 10.2. The topological polar surface area (TPSA) is 79.2 Å². The normalized spacial score (nSPS) is 17.0. The molecule has 3 rings (SSSR count). The van der Waals surface area contributed by atoms with Crippen LogP contribution < -0.4 is 0 Å². The van der Waals surface area contributed by atoms with Gasteiger partial charge in [0.15, 0.2) is 5.17 Å². The van der Waals surface area contributed by atoms with Gasteiger partial charge in [-0.1, -0.05) is 6.07 Å². The fraction of sp³-hybridized carbons (Fsp3) is 0.105. The van der Waals surface area contributed by atoms with Gasteiger partial charge in [-0.2, -0.15) is 0 Å². The van der Waals surface area contributed by atoms with Crippen LogP contribution >= 0.6 is 34.4 Å². The molecule has 6 nitrogen and oxygen atoms in total. The number of aromatic hydroxyl groups is 1. The molecule has 0 spiro atoms. The van der Waals surface area contributed by atoms with Crippen molar-refractivity contribution in [2.24, 2.45) is 4.99 Å². The number of phenols is 1. The summed E-state index contributed by atoms with van der Waals surface area (Å²) in [5.74, 6) is -0.351. The van der Waals surface area contributed by atoms with E-state index in [1.807, 2.05) is 22.6 Å². The first-order chi connectivity index (χ1) is 12.9. The largest absolute Gasteiger partial charge is 0.507 e. The number of thioether (sulfide) groups is 1. The molecule has 0 atom stereocenters. The number of ether oxygens (including phenoxy) is 1. The molecule has 1 fully saturated rings. The van der Waals surface area contributed by atoms with Gasteiger partial charge < -0.3 is 9.84 Å². The summed E-state index contributed by atoms with van der Waals surface area (Å²) in [6, 6.07) is 11.8. The molecule has 27 heavy (non-hydrogen) atoms. The number of rotatable bonds is 3. The van der Waals surface area contributed by atoms with Crippen molar-refractivity contribution in [1.82, 2.24) is 4.90 Å². The number of benzene rings is 2. The summed E-state index contributed by atoms with van der Waals surface area (Å²) in [6.07, 6.45) is 1.77. The Hall–Kier alpha value is -2.33. The van der Waals surface area contributed by atoms with Crippen LogP contribution in [0.15, 0.2) is 52.4 Å². The monoisotopic (exact) mass is 494 g/mol. The van der Waals surface area contributed by atoms with E-state index in [1.165, 1.54) is 23.8 Å². The molecule has 1 heterocycles. The lowest BCUT2D eigenvalue weighted by Crippen LogP contribution is -2.23. The van der Waals surface area contributed by atoms with Gasteiger partial charge in [0, 0.05) is 7.05 Å². The summed E-state index contributed by atoms with van der Waals surface area (Å²) >= 11 is 3.31. The van der Waals surface area contributed by atoms with Crippen LogP contribution in [0.4, 0.5) is 5.69 Å². The number of methoxy groups -OCH3 is 1. The summed E-state index contributed by atoms with van der Waals surface area (Å²) in [5.41, 5.74) is 1.89. The standard InChI is InChI=1S/C19H15IN2O4S/c1-22-17(24)16(10-11-3-8-15(23)14(20)9-11)27-19(22)21-13-6-4-12(5-7-13)18(25)26-2/h3-10,23H,1-2H3/b16-10-,21-19?. The van der Waals surface area contributed by atoms with Crippen molar-refractivity contribution in [3.05, 3.63) is 62.1 Å². The van der Waals surface area contributed by atoms with E-state index in [4.69, 9.17) is 0 Å². The Kier molecular flexibility index (Phi) is 5.85. The Morgan fingerprint density at radius 3 is 2.59 bits per heavy atom. The van der Waals surface area contributed by atoms with Gasteiger partial charge in [0.2, 0.25) is 0 Å². The highest BCUT2D eigenvalue weighted by atomic mass is 127. The Labute approximate surface area is 174 Å². The van der Waals surface area contributed by atoms with Crippen LogP contribution in [0.2, 0.25) is 0 Å². The molecule has 0 bridgehead atoms. The van der Waals surface area contributed by atoms with Gasteiger partial charge in [-0.05, 0) is 82.4 Å². The summed E-state index contributed by atoms with van der Waals surface area (Å²) in [4.78, 5) is 30.5. The zero-order valence-electron chi connectivity index (χ0n) is 14.5. The zero-order chi connectivity index (χ0) is 19.6. The minimum absolute atomic E-state index is 0.145. The van der Waals surface area contributed by atoms with Crippen LogP contribution in [0.25, 0.3) is 6.08 Å². The highest BCUT2D eigenvalue weighted by molar-refractivity contribution is 14.1. The lowest BCUT2D eigenvalue weighted by Gasteiger charge is -2.07. The lowest BCUT2D eigenvalue weighted by molar-refractivity contribution is -0.121. The third kappa shape index (κ3) is 4.33. The molecule has 138 valence electrons. The van der Waals surface area contributed by atoms with Crippen LogP contribution in [-0.4, -0.2) is 41.2 Å². The Morgan fingerprint density at radius 1 is 1.26 bits per heavy atom. The van der Waals surface area contributed by atoms with Crippen molar-refractivity contribution in [3.8, 4) is 5.75 Å². The summed E-state index contributed by atoms with van der Waals surface area (Å²) in [6.45, 7) is 0. The Balaban J connectivity index is 1.84. The molecule has 1 saturated heterocycles. The molecule has 2 aromatic carbocycles. The van der Waals surface area contributed by atoms with E-state index in [0.717, 1.165) is 5.56 Å². The Morgan fingerprint density at radius 2 is 1.96 bits per heavy atom. The van der Waals surface area contributed by atoms with E-state index in [1.54, 1.807) is 55.6 Å². The zero-order valence-corrected chi connectivity index (χ0v) is 17.4. The van der Waals surface area contributed by atoms with E-state index < -0.39 is 5.97 Å². The molecule has 8 heteroatoms. The molecule has 1 amide bonds. The number of amidine groups is 1. The molecule has 0 radical (unpaired) electrons. The second-order valence-corrected chi connectivity index (χ2v) is 7.79. The number of phenolic OH excluding ortho intramolecular Hbond substituents is 1. The third-order valence-electron chi connectivity index (χ3n) is 3.79. The van der Waals surface area contributed by atoms with E-state index in [9.17, 15) is 14.7 Å². The van der Waals surface area contributed by atoms with Gasteiger partial charge in [0.05, 0.1) is 26.8 Å². The molecular formula is C19H15IN2O4S. The predicted octanol–water partition coefficient (Wildman–Crippen LogP) is 4.02. The quantitative estimate of drug-likeness (QED) is 0.396. The first kappa shape index (κ1) is 19.4. The number of hydrogen-bond donors (Lipinski definition) is 1. The summed E-state index contributed by atoms with van der Waals surface area (Å²) in [7, 11) is 2.99. The number of carbonyl (C=O) groups is 2. The van der Waals surface area contributed by atoms with E-state index >= 15 is 0 Å². The van der Waals surface area contributed by atoms with Gasteiger partial charge in [0.25, 0.3) is 5.91 Å². The van der Waals surface area contributed by atoms with Crippen molar-refractivity contribution in [2.75, 3.05) is 14.2 Å². The third-order valence-corrected chi connectivity index (χ3v) is 5.71. The number of carbonyl (C=O) groups excluding carboxylic acids is 2. The first-order valence-electron chi connectivity index (χ1n) is 7.82. The highest BCUT2D eigenvalue weighted by Gasteiger charge is 2.30. The Bertz CT molecular complexity index is 970. The van der Waals surface area contributed by atoms with Crippen molar-refractivity contribution in [3.63, 3.8) is 0 Å². The number of likely N-dealkylation sites (N-methyl/N-ethyl adjacent to an activating group) is 1. The fourth-order valence-electron chi connectivity index (χ4n) is 2.32. The van der Waals surface area contributed by atoms with Crippen molar-refractivity contribution in [1.29, 1.82) is 0 Å². The molecule has 2 aromatic rings. The molecule has 1 N–H and O–H groups in total. The first-order valence-corrected chi connectivity index (χ1v) is 9.72. The number of amides is 1. The molecule has 1 aliphatic rings.